The zero-order chi connectivity index (χ0) is 17.3. The lowest BCUT2D eigenvalue weighted by Gasteiger charge is -2.20. The van der Waals surface area contributed by atoms with Crippen molar-refractivity contribution in [2.45, 2.75) is 25.3 Å². The molecule has 3 rings (SSSR count). The molecule has 1 aromatic rings. The van der Waals surface area contributed by atoms with Gasteiger partial charge in [0.15, 0.2) is 0 Å². The van der Waals surface area contributed by atoms with Crippen molar-refractivity contribution < 1.29 is 23.9 Å². The Labute approximate surface area is 137 Å². The van der Waals surface area contributed by atoms with Crippen molar-refractivity contribution in [1.29, 1.82) is 0 Å². The first kappa shape index (κ1) is 16.2. The molecule has 0 bridgehead atoms. The van der Waals surface area contributed by atoms with Crippen LogP contribution in [0.15, 0.2) is 24.3 Å². The Hall–Kier alpha value is -2.64. The predicted molar refractivity (Wildman–Crippen MR) is 82.8 cm³/mol. The highest BCUT2D eigenvalue weighted by molar-refractivity contribution is 6.05. The van der Waals surface area contributed by atoms with Crippen molar-refractivity contribution >= 4 is 23.6 Å². The third kappa shape index (κ3) is 3.17. The molecular formula is C16H18FN3O4. The highest BCUT2D eigenvalue weighted by atomic mass is 19.1. The van der Waals surface area contributed by atoms with Gasteiger partial charge in [-0.05, 0) is 43.5 Å². The van der Waals surface area contributed by atoms with Gasteiger partial charge in [-0.15, -0.1) is 0 Å². The van der Waals surface area contributed by atoms with Crippen LogP contribution in [0.25, 0.3) is 0 Å². The molecule has 1 saturated carbocycles. The fraction of sp³-hybridized carbons (Fsp3) is 0.438. The minimum Gasteiger partial charge on any atom is -0.480 e. The van der Waals surface area contributed by atoms with E-state index in [-0.39, 0.29) is 11.9 Å². The summed E-state index contributed by atoms with van der Waals surface area (Å²) in [5, 5.41) is 14.5. The van der Waals surface area contributed by atoms with Gasteiger partial charge in [-0.2, -0.15) is 0 Å². The number of likely N-dealkylation sites (tertiary alicyclic amines) is 1. The average Bonchev–Trinajstić information content (AvgIpc) is 3.23. The van der Waals surface area contributed by atoms with Crippen molar-refractivity contribution in [3.05, 3.63) is 30.1 Å². The van der Waals surface area contributed by atoms with Crippen molar-refractivity contribution in [1.82, 2.24) is 10.2 Å². The molecule has 1 aliphatic carbocycles. The van der Waals surface area contributed by atoms with Crippen LogP contribution in [-0.2, 0) is 9.59 Å². The summed E-state index contributed by atoms with van der Waals surface area (Å²) in [6, 6.07) is 4.70. The first-order chi connectivity index (χ1) is 11.4. The molecule has 1 unspecified atom stereocenters. The molecule has 0 spiro atoms. The van der Waals surface area contributed by atoms with Crippen molar-refractivity contribution in [2.24, 2.45) is 5.41 Å². The standard InChI is InChI=1S/C16H18FN3O4/c17-10-1-3-11(4-2-10)18-15(24)19-12-5-8-20(9-12)13(21)16(6-7-16)14(22)23/h1-4,12H,5-9H2,(H,22,23)(H2,18,19,24). The van der Waals surface area contributed by atoms with Crippen molar-refractivity contribution in [3.63, 3.8) is 0 Å². The van der Waals surface area contributed by atoms with Crippen LogP contribution in [0.3, 0.4) is 0 Å². The van der Waals surface area contributed by atoms with E-state index in [1.54, 1.807) is 0 Å². The number of hydrogen-bond acceptors (Lipinski definition) is 3. The molecule has 0 radical (unpaired) electrons. The van der Waals surface area contributed by atoms with Crippen LogP contribution in [0.5, 0.6) is 0 Å². The molecule has 1 heterocycles. The molecular weight excluding hydrogens is 317 g/mol. The molecule has 3 amide bonds. The molecule has 1 saturated heterocycles. The number of nitrogens with one attached hydrogen (secondary N) is 2. The number of amides is 3. The van der Waals surface area contributed by atoms with Crippen LogP contribution in [0.4, 0.5) is 14.9 Å². The number of urea groups is 1. The van der Waals surface area contributed by atoms with Gasteiger partial charge < -0.3 is 20.6 Å². The summed E-state index contributed by atoms with van der Waals surface area (Å²) in [6.07, 6.45) is 1.32. The number of nitrogens with zero attached hydrogens (tertiary/aromatic N) is 1. The van der Waals surface area contributed by atoms with Gasteiger partial charge in [0.25, 0.3) is 0 Å². The number of carbonyl (C=O) groups is 3. The summed E-state index contributed by atoms with van der Waals surface area (Å²) in [5.74, 6) is -1.82. The fourth-order valence-corrected chi connectivity index (χ4v) is 2.90. The summed E-state index contributed by atoms with van der Waals surface area (Å²) in [4.78, 5) is 37.0. The summed E-state index contributed by atoms with van der Waals surface area (Å²) in [5.41, 5.74) is -0.784. The average molecular weight is 335 g/mol. The van der Waals surface area contributed by atoms with Gasteiger partial charge in [-0.25, -0.2) is 9.18 Å². The van der Waals surface area contributed by atoms with Crippen LogP contribution in [0.1, 0.15) is 19.3 Å². The lowest BCUT2D eigenvalue weighted by molar-refractivity contribution is -0.152. The monoisotopic (exact) mass is 335 g/mol. The Morgan fingerprint density at radius 3 is 2.46 bits per heavy atom. The lowest BCUT2D eigenvalue weighted by atomic mass is 10.1. The number of halogens is 1. The zero-order valence-corrected chi connectivity index (χ0v) is 12.9. The molecule has 7 nitrogen and oxygen atoms in total. The number of aliphatic carboxylic acids is 1. The number of carboxylic acids is 1. The van der Waals surface area contributed by atoms with Gasteiger partial charge in [0.05, 0.1) is 0 Å². The SMILES string of the molecule is O=C(Nc1ccc(F)cc1)NC1CCN(C(=O)C2(C(=O)O)CC2)C1. The Kier molecular flexibility index (Phi) is 4.13. The maximum Gasteiger partial charge on any atom is 0.319 e. The maximum atomic E-state index is 12.8. The number of hydrogen-bond donors (Lipinski definition) is 3. The number of anilines is 1. The number of benzene rings is 1. The Morgan fingerprint density at radius 1 is 1.21 bits per heavy atom. The van der Waals surface area contributed by atoms with E-state index >= 15 is 0 Å². The van der Waals surface area contributed by atoms with Crippen molar-refractivity contribution in [3.8, 4) is 0 Å². The second-order valence-corrected chi connectivity index (χ2v) is 6.23. The van der Waals surface area contributed by atoms with E-state index in [4.69, 9.17) is 0 Å². The largest absolute Gasteiger partial charge is 0.480 e. The molecule has 8 heteroatoms. The van der Waals surface area contributed by atoms with E-state index in [2.05, 4.69) is 10.6 Å². The maximum absolute atomic E-state index is 12.8. The van der Waals surface area contributed by atoms with Crippen LogP contribution >= 0.6 is 0 Å². The second-order valence-electron chi connectivity index (χ2n) is 6.23. The van der Waals surface area contributed by atoms with Crippen LogP contribution in [0, 0.1) is 11.2 Å². The zero-order valence-electron chi connectivity index (χ0n) is 12.9. The Balaban J connectivity index is 1.51. The molecule has 1 aliphatic heterocycles. The molecule has 24 heavy (non-hydrogen) atoms. The minimum atomic E-state index is -1.24. The molecule has 128 valence electrons. The molecule has 2 aliphatic rings. The Bertz CT molecular complexity index is 672. The normalized spacial score (nSPS) is 21.2. The van der Waals surface area contributed by atoms with Crippen LogP contribution in [-0.4, -0.2) is 47.0 Å². The van der Waals surface area contributed by atoms with Gasteiger partial charge in [-0.1, -0.05) is 0 Å². The smallest absolute Gasteiger partial charge is 0.319 e. The van der Waals surface area contributed by atoms with E-state index in [0.29, 0.717) is 38.0 Å². The third-order valence-corrected chi connectivity index (χ3v) is 4.48. The Morgan fingerprint density at radius 2 is 1.88 bits per heavy atom. The highest BCUT2D eigenvalue weighted by Gasteiger charge is 2.59. The van der Waals surface area contributed by atoms with E-state index in [9.17, 15) is 23.9 Å². The molecule has 1 aromatic carbocycles. The molecule has 1 atom stereocenters. The fourth-order valence-electron chi connectivity index (χ4n) is 2.90. The summed E-state index contributed by atoms with van der Waals surface area (Å²) < 4.78 is 12.8. The number of rotatable bonds is 4. The van der Waals surface area contributed by atoms with Crippen LogP contribution in [0.2, 0.25) is 0 Å². The second kappa shape index (κ2) is 6.10. The van der Waals surface area contributed by atoms with Crippen molar-refractivity contribution in [2.75, 3.05) is 18.4 Å². The molecule has 2 fully saturated rings. The van der Waals surface area contributed by atoms with E-state index in [0.717, 1.165) is 0 Å². The number of carbonyl (C=O) groups excluding carboxylic acids is 2. The quantitative estimate of drug-likeness (QED) is 0.725. The first-order valence-electron chi connectivity index (χ1n) is 7.76. The molecule has 0 aromatic heterocycles. The van der Waals surface area contributed by atoms with Gasteiger partial charge in [-0.3, -0.25) is 9.59 Å². The third-order valence-electron chi connectivity index (χ3n) is 4.48. The topological polar surface area (TPSA) is 98.7 Å². The van der Waals surface area contributed by atoms with E-state index < -0.39 is 23.2 Å². The van der Waals surface area contributed by atoms with E-state index in [1.807, 2.05) is 0 Å². The number of carboxylic acid groups (broad SMARTS) is 1. The van der Waals surface area contributed by atoms with Gasteiger partial charge in [0, 0.05) is 24.8 Å². The van der Waals surface area contributed by atoms with E-state index in [1.165, 1.54) is 29.2 Å². The predicted octanol–water partition coefficient (Wildman–Crippen LogP) is 1.41. The molecule has 3 N–H and O–H groups in total. The van der Waals surface area contributed by atoms with Crippen LogP contribution < -0.4 is 10.6 Å². The summed E-state index contributed by atoms with van der Waals surface area (Å²) >= 11 is 0. The van der Waals surface area contributed by atoms with Gasteiger partial charge >= 0.3 is 12.0 Å². The summed E-state index contributed by atoms with van der Waals surface area (Å²) in [7, 11) is 0. The van der Waals surface area contributed by atoms with Gasteiger partial charge in [0.2, 0.25) is 5.91 Å². The first-order valence-corrected chi connectivity index (χ1v) is 7.76. The lowest BCUT2D eigenvalue weighted by Crippen LogP contribution is -2.43. The minimum absolute atomic E-state index is 0.237. The summed E-state index contributed by atoms with van der Waals surface area (Å²) in [6.45, 7) is 0.722. The van der Waals surface area contributed by atoms with Gasteiger partial charge in [0.1, 0.15) is 11.2 Å². The highest BCUT2D eigenvalue weighted by Crippen LogP contribution is 2.47.